The molecule has 1 amide bonds. The molecule has 2 aromatic heterocycles. The van der Waals surface area contributed by atoms with E-state index in [0.29, 0.717) is 22.3 Å². The van der Waals surface area contributed by atoms with Gasteiger partial charge in [-0.3, -0.25) is 18.7 Å². The zero-order valence-electron chi connectivity index (χ0n) is 14.4. The van der Waals surface area contributed by atoms with E-state index in [4.69, 9.17) is 5.73 Å². The molecule has 0 aromatic carbocycles. The van der Waals surface area contributed by atoms with Crippen molar-refractivity contribution in [1.29, 1.82) is 0 Å². The summed E-state index contributed by atoms with van der Waals surface area (Å²) in [7, 11) is 2.99. The van der Waals surface area contributed by atoms with Crippen molar-refractivity contribution in [1.82, 2.24) is 19.1 Å². The number of rotatable bonds is 4. The molecule has 0 aliphatic carbocycles. The summed E-state index contributed by atoms with van der Waals surface area (Å²) in [5.41, 5.74) is 4.21. The minimum Gasteiger partial charge on any atom is -0.370 e. The third-order valence-corrected chi connectivity index (χ3v) is 4.50. The smallest absolute Gasteiger partial charge is 0.332 e. The quantitative estimate of drug-likeness (QED) is 0.626. The number of carbonyl (C=O) groups excluding carboxylic acids is 1. The molecule has 0 saturated heterocycles. The fourth-order valence-corrected chi connectivity index (χ4v) is 3.09. The molecule has 0 unspecified atom stereocenters. The number of nitrogens with two attached hydrogens (primary N) is 1. The van der Waals surface area contributed by atoms with Crippen molar-refractivity contribution in [3.63, 3.8) is 0 Å². The summed E-state index contributed by atoms with van der Waals surface area (Å²) < 4.78 is 2.37. The number of fused-ring (bicyclic) bond motifs is 1. The minimum absolute atomic E-state index is 0.174. The van der Waals surface area contributed by atoms with Gasteiger partial charge >= 0.3 is 5.69 Å². The molecule has 8 nitrogen and oxygen atoms in total. The van der Waals surface area contributed by atoms with Gasteiger partial charge in [0.2, 0.25) is 5.91 Å². The van der Waals surface area contributed by atoms with Gasteiger partial charge in [-0.2, -0.15) is 0 Å². The van der Waals surface area contributed by atoms with E-state index in [0.717, 1.165) is 4.57 Å². The third kappa shape index (κ3) is 3.35. The maximum atomic E-state index is 12.5. The summed E-state index contributed by atoms with van der Waals surface area (Å²) in [6.07, 6.45) is 0.174. The molecule has 2 rings (SSSR count). The second kappa shape index (κ2) is 6.39. The van der Waals surface area contributed by atoms with E-state index >= 15 is 0 Å². The van der Waals surface area contributed by atoms with E-state index in [9.17, 15) is 14.4 Å². The SMILES string of the molecule is Cn1c(=O)c2c(SCCC(N)=O)nc(C(C)(C)C)nc2n(C)c1=O. The minimum atomic E-state index is -0.449. The van der Waals surface area contributed by atoms with E-state index in [1.807, 2.05) is 20.8 Å². The molecule has 0 atom stereocenters. The molecule has 2 heterocycles. The van der Waals surface area contributed by atoms with Crippen LogP contribution in [0.3, 0.4) is 0 Å². The van der Waals surface area contributed by atoms with Crippen LogP contribution in [-0.2, 0) is 24.3 Å². The Morgan fingerprint density at radius 1 is 1.17 bits per heavy atom. The predicted molar refractivity (Wildman–Crippen MR) is 93.3 cm³/mol. The lowest BCUT2D eigenvalue weighted by molar-refractivity contribution is -0.117. The van der Waals surface area contributed by atoms with Crippen molar-refractivity contribution in [3.8, 4) is 0 Å². The molecule has 0 radical (unpaired) electrons. The third-order valence-electron chi connectivity index (χ3n) is 3.52. The van der Waals surface area contributed by atoms with Crippen LogP contribution in [0.2, 0.25) is 0 Å². The monoisotopic (exact) mass is 351 g/mol. The fourth-order valence-electron chi connectivity index (χ4n) is 2.12. The lowest BCUT2D eigenvalue weighted by Crippen LogP contribution is -2.38. The number of primary amides is 1. The van der Waals surface area contributed by atoms with Crippen LogP contribution in [0.1, 0.15) is 33.0 Å². The Bertz CT molecular complexity index is 924. The van der Waals surface area contributed by atoms with Crippen molar-refractivity contribution in [2.24, 2.45) is 19.8 Å². The van der Waals surface area contributed by atoms with Crippen LogP contribution in [0.5, 0.6) is 0 Å². The Morgan fingerprint density at radius 2 is 1.79 bits per heavy atom. The molecule has 0 aliphatic rings. The van der Waals surface area contributed by atoms with Gasteiger partial charge in [-0.25, -0.2) is 14.8 Å². The molecule has 0 saturated carbocycles. The summed E-state index contributed by atoms with van der Waals surface area (Å²) in [6, 6.07) is 0. The first-order valence-electron chi connectivity index (χ1n) is 7.43. The van der Waals surface area contributed by atoms with Crippen LogP contribution in [0.4, 0.5) is 0 Å². The van der Waals surface area contributed by atoms with E-state index in [2.05, 4.69) is 9.97 Å². The number of carbonyl (C=O) groups is 1. The van der Waals surface area contributed by atoms with E-state index in [-0.39, 0.29) is 17.2 Å². The van der Waals surface area contributed by atoms with Gasteiger partial charge in [0, 0.05) is 31.7 Å². The Labute approximate surface area is 143 Å². The second-order valence-corrected chi connectivity index (χ2v) is 7.66. The maximum absolute atomic E-state index is 12.5. The van der Waals surface area contributed by atoms with E-state index in [1.165, 1.54) is 23.4 Å². The van der Waals surface area contributed by atoms with Gasteiger partial charge in [0.05, 0.1) is 0 Å². The van der Waals surface area contributed by atoms with Crippen molar-refractivity contribution in [3.05, 3.63) is 26.7 Å². The Balaban J connectivity index is 2.79. The highest BCUT2D eigenvalue weighted by Crippen LogP contribution is 2.27. The molecule has 0 fully saturated rings. The van der Waals surface area contributed by atoms with Crippen molar-refractivity contribution >= 4 is 28.7 Å². The Morgan fingerprint density at radius 3 is 2.33 bits per heavy atom. The lowest BCUT2D eigenvalue weighted by atomic mass is 9.96. The number of thioether (sulfide) groups is 1. The van der Waals surface area contributed by atoms with Gasteiger partial charge in [0.1, 0.15) is 16.2 Å². The molecule has 9 heteroatoms. The number of hydrogen-bond donors (Lipinski definition) is 1. The zero-order valence-corrected chi connectivity index (χ0v) is 15.2. The molecule has 24 heavy (non-hydrogen) atoms. The summed E-state index contributed by atoms with van der Waals surface area (Å²) in [5, 5.41) is 0.740. The van der Waals surface area contributed by atoms with Crippen LogP contribution in [0, 0.1) is 0 Å². The van der Waals surface area contributed by atoms with Crippen molar-refractivity contribution < 1.29 is 4.79 Å². The van der Waals surface area contributed by atoms with Crippen LogP contribution in [0.15, 0.2) is 14.6 Å². The highest BCUT2D eigenvalue weighted by atomic mass is 32.2. The van der Waals surface area contributed by atoms with E-state index < -0.39 is 17.2 Å². The van der Waals surface area contributed by atoms with Gasteiger partial charge in [-0.1, -0.05) is 20.8 Å². The highest BCUT2D eigenvalue weighted by Gasteiger charge is 2.23. The Kier molecular flexibility index (Phi) is 4.84. The van der Waals surface area contributed by atoms with Crippen LogP contribution < -0.4 is 17.0 Å². The van der Waals surface area contributed by atoms with Crippen LogP contribution in [-0.4, -0.2) is 30.8 Å². The number of nitrogens with zero attached hydrogens (tertiary/aromatic N) is 4. The molecule has 130 valence electrons. The van der Waals surface area contributed by atoms with Gasteiger partial charge in [0.15, 0.2) is 5.65 Å². The van der Waals surface area contributed by atoms with Crippen LogP contribution in [0.25, 0.3) is 11.0 Å². The second-order valence-electron chi connectivity index (χ2n) is 6.57. The molecular formula is C15H21N5O3S. The number of aryl methyl sites for hydroxylation is 1. The van der Waals surface area contributed by atoms with Gasteiger partial charge in [0.25, 0.3) is 5.56 Å². The lowest BCUT2D eigenvalue weighted by Gasteiger charge is -2.19. The van der Waals surface area contributed by atoms with Crippen molar-refractivity contribution in [2.45, 2.75) is 37.6 Å². The summed E-state index contributed by atoms with van der Waals surface area (Å²) in [4.78, 5) is 44.6. The van der Waals surface area contributed by atoms with Crippen LogP contribution >= 0.6 is 11.8 Å². The molecule has 2 N–H and O–H groups in total. The van der Waals surface area contributed by atoms with Gasteiger partial charge in [-0.05, 0) is 0 Å². The standard InChI is InChI=1S/C15H21N5O3S/c1-15(2,3)13-17-10-9(11(18-13)24-7-6-8(16)21)12(22)20(5)14(23)19(10)4/h6-7H2,1-5H3,(H2,16,21). The summed E-state index contributed by atoms with van der Waals surface area (Å²) in [5.74, 6) is 0.508. The van der Waals surface area contributed by atoms with Crippen molar-refractivity contribution in [2.75, 3.05) is 5.75 Å². The number of aromatic nitrogens is 4. The average Bonchev–Trinajstić information content (AvgIpc) is 2.48. The molecule has 2 aromatic rings. The first-order chi connectivity index (χ1) is 11.0. The largest absolute Gasteiger partial charge is 0.370 e. The molecular weight excluding hydrogens is 330 g/mol. The normalized spacial score (nSPS) is 11.9. The average molecular weight is 351 g/mol. The topological polar surface area (TPSA) is 113 Å². The van der Waals surface area contributed by atoms with Gasteiger partial charge < -0.3 is 5.73 Å². The first-order valence-corrected chi connectivity index (χ1v) is 8.42. The molecule has 0 bridgehead atoms. The zero-order chi connectivity index (χ0) is 18.2. The number of amides is 1. The van der Waals surface area contributed by atoms with E-state index in [1.54, 1.807) is 7.05 Å². The molecule has 0 spiro atoms. The maximum Gasteiger partial charge on any atom is 0.332 e. The fraction of sp³-hybridized carbons (Fsp3) is 0.533. The summed E-state index contributed by atoms with van der Waals surface area (Å²) in [6.45, 7) is 5.85. The Hall–Kier alpha value is -2.16. The first kappa shape index (κ1) is 18.2. The number of hydrogen-bond acceptors (Lipinski definition) is 6. The highest BCUT2D eigenvalue weighted by molar-refractivity contribution is 7.99. The molecule has 0 aliphatic heterocycles. The van der Waals surface area contributed by atoms with Gasteiger partial charge in [-0.15, -0.1) is 11.8 Å². The predicted octanol–water partition coefficient (Wildman–Crippen LogP) is 0.292. The summed E-state index contributed by atoms with van der Waals surface area (Å²) >= 11 is 1.27.